The third-order valence-corrected chi connectivity index (χ3v) is 4.68. The first-order valence-corrected chi connectivity index (χ1v) is 10.7. The van der Waals surface area contributed by atoms with Crippen molar-refractivity contribution in [1.29, 1.82) is 0 Å². The number of nitrogens with one attached hydrogen (secondary N) is 1. The SMILES string of the molecule is CCOC(=O)[C@H](CC(C)C)NC(=O)CCc1ccccc1C(=O)OCc1ccccc1. The van der Waals surface area contributed by atoms with Crippen LogP contribution in [0.2, 0.25) is 0 Å². The van der Waals surface area contributed by atoms with Crippen LogP contribution in [-0.2, 0) is 32.1 Å². The molecule has 0 saturated carbocycles. The molecular formula is C25H31NO5. The molecule has 0 aliphatic carbocycles. The van der Waals surface area contributed by atoms with E-state index < -0.39 is 18.0 Å². The number of hydrogen-bond acceptors (Lipinski definition) is 5. The highest BCUT2D eigenvalue weighted by molar-refractivity contribution is 5.91. The molecule has 2 aromatic rings. The van der Waals surface area contributed by atoms with Gasteiger partial charge in [0.05, 0.1) is 12.2 Å². The van der Waals surface area contributed by atoms with Crippen LogP contribution < -0.4 is 5.32 Å². The van der Waals surface area contributed by atoms with Crippen LogP contribution in [-0.4, -0.2) is 30.5 Å². The van der Waals surface area contributed by atoms with Gasteiger partial charge in [-0.05, 0) is 42.9 Å². The molecule has 31 heavy (non-hydrogen) atoms. The molecule has 0 saturated heterocycles. The molecule has 1 N–H and O–H groups in total. The number of carbonyl (C=O) groups excluding carboxylic acids is 3. The van der Waals surface area contributed by atoms with Crippen LogP contribution in [0.5, 0.6) is 0 Å². The van der Waals surface area contributed by atoms with E-state index in [0.717, 1.165) is 11.1 Å². The highest BCUT2D eigenvalue weighted by Gasteiger charge is 2.23. The molecular weight excluding hydrogens is 394 g/mol. The maximum absolute atomic E-state index is 12.6. The summed E-state index contributed by atoms with van der Waals surface area (Å²) in [6, 6.07) is 15.9. The number of amides is 1. The maximum Gasteiger partial charge on any atom is 0.338 e. The summed E-state index contributed by atoms with van der Waals surface area (Å²) in [5.41, 5.74) is 2.07. The Balaban J connectivity index is 1.96. The van der Waals surface area contributed by atoms with Crippen LogP contribution in [0, 0.1) is 5.92 Å². The molecule has 0 heterocycles. The fourth-order valence-electron chi connectivity index (χ4n) is 3.18. The zero-order valence-corrected chi connectivity index (χ0v) is 18.4. The van der Waals surface area contributed by atoms with E-state index in [0.29, 0.717) is 18.4 Å². The highest BCUT2D eigenvalue weighted by atomic mass is 16.5. The van der Waals surface area contributed by atoms with Gasteiger partial charge in [-0.1, -0.05) is 62.4 Å². The second-order valence-corrected chi connectivity index (χ2v) is 7.72. The van der Waals surface area contributed by atoms with Crippen LogP contribution in [0.4, 0.5) is 0 Å². The molecule has 6 heteroatoms. The molecule has 0 unspecified atom stereocenters. The lowest BCUT2D eigenvalue weighted by molar-refractivity contribution is -0.147. The van der Waals surface area contributed by atoms with E-state index >= 15 is 0 Å². The van der Waals surface area contributed by atoms with Crippen molar-refractivity contribution >= 4 is 17.8 Å². The van der Waals surface area contributed by atoms with E-state index in [1.165, 1.54) is 0 Å². The Kier molecular flexibility index (Phi) is 9.75. The van der Waals surface area contributed by atoms with E-state index in [1.807, 2.05) is 56.3 Å². The number of aryl methyl sites for hydroxylation is 1. The van der Waals surface area contributed by atoms with E-state index in [9.17, 15) is 14.4 Å². The van der Waals surface area contributed by atoms with E-state index in [2.05, 4.69) is 5.32 Å². The van der Waals surface area contributed by atoms with Crippen LogP contribution in [0.15, 0.2) is 54.6 Å². The predicted molar refractivity (Wildman–Crippen MR) is 118 cm³/mol. The number of benzene rings is 2. The fourth-order valence-corrected chi connectivity index (χ4v) is 3.18. The lowest BCUT2D eigenvalue weighted by atomic mass is 10.0. The third-order valence-electron chi connectivity index (χ3n) is 4.68. The van der Waals surface area contributed by atoms with Crippen molar-refractivity contribution in [2.75, 3.05) is 6.61 Å². The lowest BCUT2D eigenvalue weighted by Crippen LogP contribution is -2.42. The average molecular weight is 426 g/mol. The fraction of sp³-hybridized carbons (Fsp3) is 0.400. The third kappa shape index (κ3) is 8.24. The topological polar surface area (TPSA) is 81.7 Å². The summed E-state index contributed by atoms with van der Waals surface area (Å²) >= 11 is 0. The van der Waals surface area contributed by atoms with Gasteiger partial charge in [-0.3, -0.25) is 4.79 Å². The molecule has 2 aromatic carbocycles. The van der Waals surface area contributed by atoms with E-state index in [4.69, 9.17) is 9.47 Å². The van der Waals surface area contributed by atoms with Crippen molar-refractivity contribution in [2.24, 2.45) is 5.92 Å². The Bertz CT molecular complexity index is 863. The number of ether oxygens (including phenoxy) is 2. The first-order chi connectivity index (χ1) is 14.9. The van der Waals surface area contributed by atoms with E-state index in [1.54, 1.807) is 19.1 Å². The molecule has 2 rings (SSSR count). The zero-order valence-electron chi connectivity index (χ0n) is 18.4. The highest BCUT2D eigenvalue weighted by Crippen LogP contribution is 2.15. The molecule has 166 valence electrons. The van der Waals surface area contributed by atoms with Crippen molar-refractivity contribution in [3.8, 4) is 0 Å². The predicted octanol–water partition coefficient (Wildman–Crippen LogP) is 4.07. The molecule has 0 spiro atoms. The molecule has 1 atom stereocenters. The van der Waals surface area contributed by atoms with Gasteiger partial charge in [-0.2, -0.15) is 0 Å². The molecule has 0 aromatic heterocycles. The van der Waals surface area contributed by atoms with Crippen LogP contribution in [0.3, 0.4) is 0 Å². The largest absolute Gasteiger partial charge is 0.464 e. The van der Waals surface area contributed by atoms with Gasteiger partial charge in [-0.15, -0.1) is 0 Å². The monoisotopic (exact) mass is 425 g/mol. The Morgan fingerprint density at radius 2 is 1.61 bits per heavy atom. The Morgan fingerprint density at radius 3 is 2.29 bits per heavy atom. The van der Waals surface area contributed by atoms with Gasteiger partial charge in [0.1, 0.15) is 12.6 Å². The molecule has 6 nitrogen and oxygen atoms in total. The van der Waals surface area contributed by atoms with Gasteiger partial charge in [0.15, 0.2) is 0 Å². The number of carbonyl (C=O) groups is 3. The van der Waals surface area contributed by atoms with Gasteiger partial charge in [0.2, 0.25) is 5.91 Å². The zero-order chi connectivity index (χ0) is 22.6. The number of hydrogen-bond donors (Lipinski definition) is 1. The van der Waals surface area contributed by atoms with Crippen molar-refractivity contribution in [2.45, 2.75) is 52.7 Å². The Morgan fingerprint density at radius 1 is 0.935 bits per heavy atom. The minimum absolute atomic E-state index is 0.150. The molecule has 0 radical (unpaired) electrons. The summed E-state index contributed by atoms with van der Waals surface area (Å²) in [5.74, 6) is -0.875. The second kappa shape index (κ2) is 12.5. The summed E-state index contributed by atoms with van der Waals surface area (Å²) in [4.78, 5) is 37.2. The standard InChI is InChI=1S/C25H31NO5/c1-4-30-25(29)22(16-18(2)3)26-23(27)15-14-20-12-8-9-13-21(20)24(28)31-17-19-10-6-5-7-11-19/h5-13,18,22H,4,14-17H2,1-3H3,(H,26,27)/t22-/m0/s1. The summed E-state index contributed by atoms with van der Waals surface area (Å²) < 4.78 is 10.5. The van der Waals surface area contributed by atoms with Gasteiger partial charge in [-0.25, -0.2) is 9.59 Å². The normalized spacial score (nSPS) is 11.6. The first-order valence-electron chi connectivity index (χ1n) is 10.7. The summed E-state index contributed by atoms with van der Waals surface area (Å²) in [5, 5.41) is 2.77. The summed E-state index contributed by atoms with van der Waals surface area (Å²) in [6.07, 6.45) is 1.02. The van der Waals surface area contributed by atoms with Crippen molar-refractivity contribution in [3.05, 3.63) is 71.3 Å². The molecule has 1 amide bonds. The van der Waals surface area contributed by atoms with Crippen molar-refractivity contribution < 1.29 is 23.9 Å². The number of esters is 2. The molecule has 0 aliphatic heterocycles. The van der Waals surface area contributed by atoms with Gasteiger partial charge in [0, 0.05) is 6.42 Å². The van der Waals surface area contributed by atoms with Crippen LogP contribution in [0.1, 0.15) is 55.1 Å². The molecule has 0 bridgehead atoms. The van der Waals surface area contributed by atoms with E-state index in [-0.39, 0.29) is 31.5 Å². The molecule has 0 aliphatic rings. The smallest absolute Gasteiger partial charge is 0.338 e. The first kappa shape index (κ1) is 24.1. The summed E-state index contributed by atoms with van der Waals surface area (Å²) in [6.45, 7) is 6.15. The Hall–Kier alpha value is -3.15. The lowest BCUT2D eigenvalue weighted by Gasteiger charge is -2.19. The number of rotatable bonds is 11. The quantitative estimate of drug-likeness (QED) is 0.549. The van der Waals surface area contributed by atoms with Gasteiger partial charge >= 0.3 is 11.9 Å². The minimum Gasteiger partial charge on any atom is -0.464 e. The summed E-state index contributed by atoms with van der Waals surface area (Å²) in [7, 11) is 0. The second-order valence-electron chi connectivity index (χ2n) is 7.72. The van der Waals surface area contributed by atoms with Gasteiger partial charge < -0.3 is 14.8 Å². The van der Waals surface area contributed by atoms with Crippen molar-refractivity contribution in [1.82, 2.24) is 5.32 Å². The Labute approximate surface area is 183 Å². The van der Waals surface area contributed by atoms with Gasteiger partial charge in [0.25, 0.3) is 0 Å². The average Bonchev–Trinajstić information content (AvgIpc) is 2.76. The van der Waals surface area contributed by atoms with Crippen molar-refractivity contribution in [3.63, 3.8) is 0 Å². The van der Waals surface area contributed by atoms with Crippen LogP contribution in [0.25, 0.3) is 0 Å². The maximum atomic E-state index is 12.6. The minimum atomic E-state index is -0.668. The molecule has 0 fully saturated rings. The van der Waals surface area contributed by atoms with Crippen LogP contribution >= 0.6 is 0 Å².